The van der Waals surface area contributed by atoms with Crippen LogP contribution in [0.3, 0.4) is 0 Å². The first-order chi connectivity index (χ1) is 6.07. The van der Waals surface area contributed by atoms with E-state index >= 15 is 0 Å². The molecule has 0 aliphatic rings. The number of hydrogen-bond acceptors (Lipinski definition) is 1. The minimum atomic E-state index is -0.399. The van der Waals surface area contributed by atoms with Crippen LogP contribution >= 0.6 is 23.2 Å². The maximum absolute atomic E-state index is 13.2. The van der Waals surface area contributed by atoms with Gasteiger partial charge in [-0.1, -0.05) is 30.1 Å². The minimum absolute atomic E-state index is 0.219. The zero-order valence-corrected chi connectivity index (χ0v) is 8.66. The van der Waals surface area contributed by atoms with Crippen LogP contribution in [0.2, 0.25) is 10.0 Å². The standard InChI is InChI=1S/C9H10Cl2FN/c1-2-7(13)8-6(12)4-3-5(10)9(8)11/h3-4,7H,2,13H2,1H3/t7-/m0/s1. The zero-order valence-electron chi connectivity index (χ0n) is 7.15. The summed E-state index contributed by atoms with van der Waals surface area (Å²) >= 11 is 11.6. The van der Waals surface area contributed by atoms with Crippen molar-refractivity contribution in [1.29, 1.82) is 0 Å². The molecule has 4 heteroatoms. The van der Waals surface area contributed by atoms with E-state index in [9.17, 15) is 4.39 Å². The van der Waals surface area contributed by atoms with Crippen LogP contribution in [0.5, 0.6) is 0 Å². The lowest BCUT2D eigenvalue weighted by Gasteiger charge is -2.12. The molecule has 1 aromatic rings. The molecule has 1 nitrogen and oxygen atoms in total. The van der Waals surface area contributed by atoms with Crippen LogP contribution in [0.15, 0.2) is 12.1 Å². The van der Waals surface area contributed by atoms with Crippen molar-refractivity contribution < 1.29 is 4.39 Å². The molecule has 72 valence electrons. The van der Waals surface area contributed by atoms with Crippen molar-refractivity contribution >= 4 is 23.2 Å². The summed E-state index contributed by atoms with van der Waals surface area (Å²) < 4.78 is 13.2. The Hall–Kier alpha value is -0.310. The van der Waals surface area contributed by atoms with Crippen LogP contribution in [0.4, 0.5) is 4.39 Å². The van der Waals surface area contributed by atoms with Gasteiger partial charge in [0, 0.05) is 11.6 Å². The molecule has 0 amide bonds. The fraction of sp³-hybridized carbons (Fsp3) is 0.333. The highest BCUT2D eigenvalue weighted by Gasteiger charge is 2.15. The highest BCUT2D eigenvalue weighted by molar-refractivity contribution is 6.42. The van der Waals surface area contributed by atoms with E-state index in [0.717, 1.165) is 0 Å². The van der Waals surface area contributed by atoms with Gasteiger partial charge in [-0.3, -0.25) is 0 Å². The highest BCUT2D eigenvalue weighted by atomic mass is 35.5. The molecular weight excluding hydrogens is 212 g/mol. The van der Waals surface area contributed by atoms with E-state index in [4.69, 9.17) is 28.9 Å². The summed E-state index contributed by atoms with van der Waals surface area (Å²) in [6, 6.07) is 2.30. The summed E-state index contributed by atoms with van der Waals surface area (Å²) in [6.07, 6.45) is 0.622. The Bertz CT molecular complexity index is 315. The molecule has 2 N–H and O–H groups in total. The average molecular weight is 222 g/mol. The van der Waals surface area contributed by atoms with Crippen LogP contribution in [-0.2, 0) is 0 Å². The number of benzene rings is 1. The minimum Gasteiger partial charge on any atom is -0.324 e. The van der Waals surface area contributed by atoms with Gasteiger partial charge in [0.25, 0.3) is 0 Å². The van der Waals surface area contributed by atoms with Gasteiger partial charge in [0.2, 0.25) is 0 Å². The summed E-state index contributed by atoms with van der Waals surface area (Å²) in [5.41, 5.74) is 5.98. The molecule has 0 saturated heterocycles. The van der Waals surface area contributed by atoms with Crippen molar-refractivity contribution in [2.75, 3.05) is 0 Å². The van der Waals surface area contributed by atoms with Gasteiger partial charge < -0.3 is 5.73 Å². The monoisotopic (exact) mass is 221 g/mol. The van der Waals surface area contributed by atoms with Crippen LogP contribution in [0.25, 0.3) is 0 Å². The summed E-state index contributed by atoms with van der Waals surface area (Å²) in [5, 5.41) is 0.554. The van der Waals surface area contributed by atoms with E-state index < -0.39 is 11.9 Å². The van der Waals surface area contributed by atoms with Crippen molar-refractivity contribution in [2.24, 2.45) is 5.73 Å². The summed E-state index contributed by atoms with van der Waals surface area (Å²) in [6.45, 7) is 1.86. The van der Waals surface area contributed by atoms with Crippen molar-refractivity contribution in [3.63, 3.8) is 0 Å². The molecule has 0 aliphatic carbocycles. The van der Waals surface area contributed by atoms with Crippen molar-refractivity contribution in [3.8, 4) is 0 Å². The van der Waals surface area contributed by atoms with E-state index in [1.54, 1.807) is 0 Å². The third kappa shape index (κ3) is 2.13. The lowest BCUT2D eigenvalue weighted by Crippen LogP contribution is -2.11. The van der Waals surface area contributed by atoms with Crippen LogP contribution in [0.1, 0.15) is 24.9 Å². The number of hydrogen-bond donors (Lipinski definition) is 1. The smallest absolute Gasteiger partial charge is 0.129 e. The Morgan fingerprint density at radius 1 is 1.46 bits per heavy atom. The summed E-state index contributed by atoms with van der Waals surface area (Å²) in [5.74, 6) is -0.399. The molecule has 0 bridgehead atoms. The predicted molar refractivity (Wildman–Crippen MR) is 53.6 cm³/mol. The van der Waals surface area contributed by atoms with Gasteiger partial charge in [0.1, 0.15) is 5.82 Å². The Kier molecular flexibility index (Phi) is 3.54. The van der Waals surface area contributed by atoms with Crippen LogP contribution in [0, 0.1) is 5.82 Å². The lowest BCUT2D eigenvalue weighted by atomic mass is 10.1. The molecular formula is C9H10Cl2FN. The highest BCUT2D eigenvalue weighted by Crippen LogP contribution is 2.32. The molecule has 0 saturated carbocycles. The predicted octanol–water partition coefficient (Wildman–Crippen LogP) is 3.54. The normalized spacial score (nSPS) is 13.0. The molecule has 0 spiro atoms. The second-order valence-corrected chi connectivity index (χ2v) is 3.56. The maximum atomic E-state index is 13.2. The summed E-state index contributed by atoms with van der Waals surface area (Å²) in [4.78, 5) is 0. The number of rotatable bonds is 2. The van der Waals surface area contributed by atoms with Crippen LogP contribution in [-0.4, -0.2) is 0 Å². The van der Waals surface area contributed by atoms with Gasteiger partial charge in [-0.05, 0) is 18.6 Å². The molecule has 1 atom stereocenters. The van der Waals surface area contributed by atoms with Crippen molar-refractivity contribution in [3.05, 3.63) is 33.6 Å². The largest absolute Gasteiger partial charge is 0.324 e. The van der Waals surface area contributed by atoms with E-state index in [0.29, 0.717) is 17.0 Å². The first-order valence-corrected chi connectivity index (χ1v) is 4.72. The lowest BCUT2D eigenvalue weighted by molar-refractivity contribution is 0.575. The van der Waals surface area contributed by atoms with Gasteiger partial charge >= 0.3 is 0 Å². The number of halogens is 3. The SMILES string of the molecule is CC[C@H](N)c1c(F)ccc(Cl)c1Cl. The van der Waals surface area contributed by atoms with E-state index in [1.165, 1.54) is 12.1 Å². The molecule has 0 heterocycles. The van der Waals surface area contributed by atoms with Gasteiger partial charge in [-0.25, -0.2) is 4.39 Å². The van der Waals surface area contributed by atoms with Gasteiger partial charge in [0.05, 0.1) is 10.0 Å². The van der Waals surface area contributed by atoms with Crippen molar-refractivity contribution in [1.82, 2.24) is 0 Å². The molecule has 0 fully saturated rings. The van der Waals surface area contributed by atoms with Crippen LogP contribution < -0.4 is 5.73 Å². The quantitative estimate of drug-likeness (QED) is 0.761. The van der Waals surface area contributed by atoms with E-state index in [2.05, 4.69) is 0 Å². The second-order valence-electron chi connectivity index (χ2n) is 2.77. The molecule has 13 heavy (non-hydrogen) atoms. The molecule has 0 unspecified atom stereocenters. The number of nitrogens with two attached hydrogens (primary N) is 1. The van der Waals surface area contributed by atoms with E-state index in [1.807, 2.05) is 6.92 Å². The van der Waals surface area contributed by atoms with E-state index in [-0.39, 0.29) is 5.02 Å². The molecule has 0 radical (unpaired) electrons. The fourth-order valence-corrected chi connectivity index (χ4v) is 1.54. The van der Waals surface area contributed by atoms with Gasteiger partial charge in [-0.15, -0.1) is 0 Å². The third-order valence-corrected chi connectivity index (χ3v) is 2.71. The Morgan fingerprint density at radius 3 is 2.62 bits per heavy atom. The summed E-state index contributed by atoms with van der Waals surface area (Å²) in [7, 11) is 0. The van der Waals surface area contributed by atoms with Gasteiger partial charge in [-0.2, -0.15) is 0 Å². The Balaban J connectivity index is 3.25. The Labute approximate surface area is 86.6 Å². The molecule has 1 aromatic carbocycles. The topological polar surface area (TPSA) is 26.0 Å². The second kappa shape index (κ2) is 4.27. The average Bonchev–Trinajstić information content (AvgIpc) is 2.12. The first kappa shape index (κ1) is 10.8. The van der Waals surface area contributed by atoms with Crippen molar-refractivity contribution in [2.45, 2.75) is 19.4 Å². The third-order valence-electron chi connectivity index (χ3n) is 1.89. The maximum Gasteiger partial charge on any atom is 0.129 e. The fourth-order valence-electron chi connectivity index (χ4n) is 1.09. The first-order valence-electron chi connectivity index (χ1n) is 3.96. The Morgan fingerprint density at radius 2 is 2.08 bits per heavy atom. The molecule has 0 aliphatic heterocycles. The zero-order chi connectivity index (χ0) is 10.0. The van der Waals surface area contributed by atoms with Gasteiger partial charge in [0.15, 0.2) is 0 Å². The molecule has 0 aromatic heterocycles. The molecule has 1 rings (SSSR count).